The quantitative estimate of drug-likeness (QED) is 0.518. The normalized spacial score (nSPS) is 9.62. The van der Waals surface area contributed by atoms with Crippen LogP contribution in [0.25, 0.3) is 0 Å². The van der Waals surface area contributed by atoms with Gasteiger partial charge in [-0.25, -0.2) is 0 Å². The van der Waals surface area contributed by atoms with Gasteiger partial charge >= 0.3 is 5.97 Å². The lowest BCUT2D eigenvalue weighted by Crippen LogP contribution is -2.03. The van der Waals surface area contributed by atoms with Crippen LogP contribution in [0, 0.1) is 0 Å². The van der Waals surface area contributed by atoms with E-state index in [0.29, 0.717) is 18.5 Å². The molecule has 1 heterocycles. The van der Waals surface area contributed by atoms with Gasteiger partial charge < -0.3 is 9.15 Å². The van der Waals surface area contributed by atoms with Crippen molar-refractivity contribution in [2.45, 2.75) is 13.3 Å². The molecule has 0 amide bonds. The third kappa shape index (κ3) is 2.74. The number of esters is 1. The van der Waals surface area contributed by atoms with E-state index in [1.807, 2.05) is 0 Å². The van der Waals surface area contributed by atoms with Crippen LogP contribution >= 0.6 is 0 Å². The van der Waals surface area contributed by atoms with Crippen LogP contribution in [-0.2, 0) is 16.0 Å². The van der Waals surface area contributed by atoms with Gasteiger partial charge in [0, 0.05) is 18.9 Å². The summed E-state index contributed by atoms with van der Waals surface area (Å²) in [5, 5.41) is 0. The molecule has 4 heteroatoms. The molecule has 1 aromatic rings. The molecule has 0 radical (unpaired) electrons. The monoisotopic (exact) mass is 182 g/mol. The molecule has 0 aliphatic carbocycles. The Morgan fingerprint density at radius 1 is 1.69 bits per heavy atom. The van der Waals surface area contributed by atoms with E-state index in [0.717, 1.165) is 5.56 Å². The minimum absolute atomic E-state index is 0.274. The SMILES string of the molecule is CC(=O)OCCc1ccoc1C=O. The molecule has 0 aliphatic rings. The highest BCUT2D eigenvalue weighted by Gasteiger charge is 2.04. The molecule has 0 aromatic carbocycles. The summed E-state index contributed by atoms with van der Waals surface area (Å²) in [6.07, 6.45) is 2.58. The van der Waals surface area contributed by atoms with Gasteiger partial charge in [-0.3, -0.25) is 9.59 Å². The molecular formula is C9H10O4. The molecule has 0 saturated carbocycles. The van der Waals surface area contributed by atoms with E-state index in [1.54, 1.807) is 6.07 Å². The van der Waals surface area contributed by atoms with E-state index in [4.69, 9.17) is 9.15 Å². The second-order valence-electron chi connectivity index (χ2n) is 2.52. The Morgan fingerprint density at radius 3 is 3.08 bits per heavy atom. The Bertz CT molecular complexity index is 300. The van der Waals surface area contributed by atoms with Crippen LogP contribution in [0.1, 0.15) is 23.0 Å². The Morgan fingerprint density at radius 2 is 2.46 bits per heavy atom. The zero-order valence-corrected chi connectivity index (χ0v) is 7.28. The number of hydrogen-bond acceptors (Lipinski definition) is 4. The van der Waals surface area contributed by atoms with Crippen molar-refractivity contribution >= 4 is 12.3 Å². The first-order valence-corrected chi connectivity index (χ1v) is 3.89. The van der Waals surface area contributed by atoms with Crippen LogP contribution in [0.15, 0.2) is 16.7 Å². The van der Waals surface area contributed by atoms with Crippen molar-refractivity contribution in [3.05, 3.63) is 23.7 Å². The Kier molecular flexibility index (Phi) is 3.25. The summed E-state index contributed by atoms with van der Waals surface area (Å²) < 4.78 is 9.58. The highest BCUT2D eigenvalue weighted by Crippen LogP contribution is 2.08. The van der Waals surface area contributed by atoms with Crippen molar-refractivity contribution in [2.24, 2.45) is 0 Å². The van der Waals surface area contributed by atoms with E-state index in [9.17, 15) is 9.59 Å². The zero-order chi connectivity index (χ0) is 9.68. The Balaban J connectivity index is 2.44. The summed E-state index contributed by atoms with van der Waals surface area (Å²) in [7, 11) is 0. The van der Waals surface area contributed by atoms with Gasteiger partial charge in [0.1, 0.15) is 0 Å². The lowest BCUT2D eigenvalue weighted by atomic mass is 10.2. The summed E-state index contributed by atoms with van der Waals surface area (Å²) in [5.41, 5.74) is 0.760. The standard InChI is InChI=1S/C9H10O4/c1-7(11)12-4-2-8-3-5-13-9(8)6-10/h3,5-6H,2,4H2,1H3. The molecule has 70 valence electrons. The second-order valence-corrected chi connectivity index (χ2v) is 2.52. The van der Waals surface area contributed by atoms with E-state index >= 15 is 0 Å². The molecule has 0 saturated heterocycles. The summed E-state index contributed by atoms with van der Waals surface area (Å²) in [6.45, 7) is 1.62. The smallest absolute Gasteiger partial charge is 0.302 e. The first-order chi connectivity index (χ1) is 6.24. The molecule has 0 aliphatic heterocycles. The number of furan rings is 1. The fourth-order valence-corrected chi connectivity index (χ4v) is 0.962. The molecule has 0 fully saturated rings. The maximum Gasteiger partial charge on any atom is 0.302 e. The molecular weight excluding hydrogens is 172 g/mol. The maximum atomic E-state index is 10.4. The van der Waals surface area contributed by atoms with Crippen LogP contribution in [-0.4, -0.2) is 18.9 Å². The molecule has 0 atom stereocenters. The highest BCUT2D eigenvalue weighted by atomic mass is 16.5. The third-order valence-electron chi connectivity index (χ3n) is 1.56. The van der Waals surface area contributed by atoms with Crippen molar-refractivity contribution in [1.82, 2.24) is 0 Å². The van der Waals surface area contributed by atoms with E-state index in [-0.39, 0.29) is 12.6 Å². The Hall–Kier alpha value is -1.58. The van der Waals surface area contributed by atoms with Gasteiger partial charge in [0.05, 0.1) is 12.9 Å². The predicted molar refractivity (Wildman–Crippen MR) is 44.4 cm³/mol. The summed E-state index contributed by atoms with van der Waals surface area (Å²) in [6, 6.07) is 1.69. The lowest BCUT2D eigenvalue weighted by Gasteiger charge is -1.99. The molecule has 0 spiro atoms. The number of rotatable bonds is 4. The number of aldehydes is 1. The predicted octanol–water partition coefficient (Wildman–Crippen LogP) is 1.20. The zero-order valence-electron chi connectivity index (χ0n) is 7.28. The number of carbonyl (C=O) groups excluding carboxylic acids is 2. The van der Waals surface area contributed by atoms with Gasteiger partial charge in [-0.05, 0) is 6.07 Å². The van der Waals surface area contributed by atoms with Gasteiger partial charge in [0.15, 0.2) is 12.0 Å². The molecule has 1 aromatic heterocycles. The van der Waals surface area contributed by atoms with Gasteiger partial charge in [0.25, 0.3) is 0 Å². The van der Waals surface area contributed by atoms with Crippen LogP contribution in [0.2, 0.25) is 0 Å². The van der Waals surface area contributed by atoms with Crippen LogP contribution < -0.4 is 0 Å². The highest BCUT2D eigenvalue weighted by molar-refractivity contribution is 5.72. The number of carbonyl (C=O) groups is 2. The number of hydrogen-bond donors (Lipinski definition) is 0. The van der Waals surface area contributed by atoms with E-state index < -0.39 is 0 Å². The van der Waals surface area contributed by atoms with Gasteiger partial charge in [-0.15, -0.1) is 0 Å². The second kappa shape index (κ2) is 4.45. The van der Waals surface area contributed by atoms with Crippen LogP contribution in [0.3, 0.4) is 0 Å². The van der Waals surface area contributed by atoms with Crippen LogP contribution in [0.4, 0.5) is 0 Å². The summed E-state index contributed by atoms with van der Waals surface area (Å²) in [5.74, 6) is -0.0247. The van der Waals surface area contributed by atoms with Crippen molar-refractivity contribution in [1.29, 1.82) is 0 Å². The average Bonchev–Trinajstić information content (AvgIpc) is 2.51. The average molecular weight is 182 g/mol. The van der Waals surface area contributed by atoms with Gasteiger partial charge in [0.2, 0.25) is 0 Å². The lowest BCUT2D eigenvalue weighted by molar-refractivity contribution is -0.140. The summed E-state index contributed by atoms with van der Waals surface area (Å²) >= 11 is 0. The van der Waals surface area contributed by atoms with E-state index in [1.165, 1.54) is 13.2 Å². The topological polar surface area (TPSA) is 56.5 Å². The molecule has 13 heavy (non-hydrogen) atoms. The molecule has 1 rings (SSSR count). The maximum absolute atomic E-state index is 10.4. The molecule has 0 bridgehead atoms. The molecule has 0 unspecified atom stereocenters. The van der Waals surface area contributed by atoms with Gasteiger partial charge in [-0.1, -0.05) is 0 Å². The molecule has 4 nitrogen and oxygen atoms in total. The molecule has 0 N–H and O–H groups in total. The van der Waals surface area contributed by atoms with E-state index in [2.05, 4.69) is 0 Å². The fraction of sp³-hybridized carbons (Fsp3) is 0.333. The first-order valence-electron chi connectivity index (χ1n) is 3.89. The largest absolute Gasteiger partial charge is 0.466 e. The van der Waals surface area contributed by atoms with Crippen molar-refractivity contribution < 1.29 is 18.7 Å². The minimum Gasteiger partial charge on any atom is -0.466 e. The Labute approximate surface area is 75.5 Å². The summed E-state index contributed by atoms with van der Waals surface area (Å²) in [4.78, 5) is 20.8. The third-order valence-corrected chi connectivity index (χ3v) is 1.56. The van der Waals surface area contributed by atoms with Crippen molar-refractivity contribution in [3.8, 4) is 0 Å². The minimum atomic E-state index is -0.323. The van der Waals surface area contributed by atoms with Crippen molar-refractivity contribution in [2.75, 3.05) is 6.61 Å². The number of ether oxygens (including phenoxy) is 1. The first kappa shape index (κ1) is 9.51. The van der Waals surface area contributed by atoms with Crippen LogP contribution in [0.5, 0.6) is 0 Å². The van der Waals surface area contributed by atoms with Gasteiger partial charge in [-0.2, -0.15) is 0 Å². The van der Waals surface area contributed by atoms with Crippen molar-refractivity contribution in [3.63, 3.8) is 0 Å². The fourth-order valence-electron chi connectivity index (χ4n) is 0.962.